The number of amides is 1. The van der Waals surface area contributed by atoms with Gasteiger partial charge in [0, 0.05) is 17.4 Å². The van der Waals surface area contributed by atoms with Crippen molar-refractivity contribution < 1.29 is 14.3 Å². The average Bonchev–Trinajstić information content (AvgIpc) is 2.40. The minimum Gasteiger partial charge on any atom is -0.383 e. The van der Waals surface area contributed by atoms with Gasteiger partial charge in [-0.1, -0.05) is 11.6 Å². The van der Waals surface area contributed by atoms with Crippen LogP contribution in [0.3, 0.4) is 0 Å². The van der Waals surface area contributed by atoms with E-state index >= 15 is 0 Å². The van der Waals surface area contributed by atoms with Gasteiger partial charge in [-0.3, -0.25) is 4.79 Å². The number of aliphatic hydroxyl groups is 1. The first-order valence-electron chi connectivity index (χ1n) is 6.48. The second-order valence-electron chi connectivity index (χ2n) is 4.95. The SMILES string of the molecule is CC(c1cc(F)cc(Cl)c1CCl)N1CCC[C@@H](O)C1=O. The third-order valence-corrected chi connectivity index (χ3v) is 4.30. The number of carbonyl (C=O) groups excluding carboxylic acids is 1. The topological polar surface area (TPSA) is 40.5 Å². The number of rotatable bonds is 3. The van der Waals surface area contributed by atoms with Crippen LogP contribution in [0.2, 0.25) is 5.02 Å². The zero-order valence-corrected chi connectivity index (χ0v) is 12.6. The maximum atomic E-state index is 13.6. The summed E-state index contributed by atoms with van der Waals surface area (Å²) in [6, 6.07) is 2.18. The maximum absolute atomic E-state index is 13.6. The number of halogens is 3. The molecule has 0 radical (unpaired) electrons. The predicted molar refractivity (Wildman–Crippen MR) is 76.3 cm³/mol. The van der Waals surface area contributed by atoms with Gasteiger partial charge in [0.25, 0.3) is 5.91 Å². The fraction of sp³-hybridized carbons (Fsp3) is 0.500. The molecule has 6 heteroatoms. The van der Waals surface area contributed by atoms with Gasteiger partial charge < -0.3 is 10.0 Å². The van der Waals surface area contributed by atoms with E-state index in [2.05, 4.69) is 0 Å². The van der Waals surface area contributed by atoms with E-state index in [-0.39, 0.29) is 22.9 Å². The van der Waals surface area contributed by atoms with Crippen LogP contribution in [0.15, 0.2) is 12.1 Å². The molecule has 0 aromatic heterocycles. The fourth-order valence-electron chi connectivity index (χ4n) is 2.57. The van der Waals surface area contributed by atoms with Crippen LogP contribution in [0.1, 0.15) is 36.9 Å². The molecule has 1 N–H and O–H groups in total. The Morgan fingerprint density at radius 1 is 1.55 bits per heavy atom. The molecular formula is C14H16Cl2FNO2. The molecule has 0 spiro atoms. The first-order chi connectivity index (χ1) is 9.45. The van der Waals surface area contributed by atoms with E-state index in [9.17, 15) is 14.3 Å². The standard InChI is InChI=1S/C14H16Cl2FNO2/c1-8(18-4-2-3-13(19)14(18)20)10-5-9(17)6-12(16)11(10)7-15/h5-6,8,13,19H,2-4,7H2,1H3/t8?,13-/m1/s1. The first-order valence-corrected chi connectivity index (χ1v) is 7.39. The highest BCUT2D eigenvalue weighted by Crippen LogP contribution is 2.32. The summed E-state index contributed by atoms with van der Waals surface area (Å²) in [5.41, 5.74) is 1.21. The molecule has 1 unspecified atom stereocenters. The molecule has 1 fully saturated rings. The Morgan fingerprint density at radius 2 is 2.25 bits per heavy atom. The highest BCUT2D eigenvalue weighted by Gasteiger charge is 2.31. The lowest BCUT2D eigenvalue weighted by Gasteiger charge is -2.35. The van der Waals surface area contributed by atoms with E-state index in [1.54, 1.807) is 11.8 Å². The predicted octanol–water partition coefficient (Wildman–Crippen LogP) is 3.26. The van der Waals surface area contributed by atoms with Gasteiger partial charge in [0.05, 0.1) is 6.04 Å². The van der Waals surface area contributed by atoms with Crippen molar-refractivity contribution in [1.82, 2.24) is 4.90 Å². The Bertz CT molecular complexity index is 524. The largest absolute Gasteiger partial charge is 0.383 e. The number of hydrogen-bond donors (Lipinski definition) is 1. The molecule has 0 saturated carbocycles. The second-order valence-corrected chi connectivity index (χ2v) is 5.63. The summed E-state index contributed by atoms with van der Waals surface area (Å²) in [6.45, 7) is 2.32. The molecule has 1 aromatic carbocycles. The van der Waals surface area contributed by atoms with Crippen LogP contribution < -0.4 is 0 Å². The number of benzene rings is 1. The van der Waals surface area contributed by atoms with E-state index in [0.717, 1.165) is 6.42 Å². The lowest BCUT2D eigenvalue weighted by atomic mass is 9.97. The van der Waals surface area contributed by atoms with Gasteiger partial charge in [0.1, 0.15) is 11.9 Å². The normalized spacial score (nSPS) is 21.1. The van der Waals surface area contributed by atoms with Crippen LogP contribution in [0.25, 0.3) is 0 Å². The highest BCUT2D eigenvalue weighted by atomic mass is 35.5. The minimum atomic E-state index is -0.977. The third kappa shape index (κ3) is 2.92. The quantitative estimate of drug-likeness (QED) is 0.869. The van der Waals surface area contributed by atoms with Crippen molar-refractivity contribution in [3.63, 3.8) is 0 Å². The Labute approximate surface area is 127 Å². The van der Waals surface area contributed by atoms with Crippen LogP contribution in [0.5, 0.6) is 0 Å². The first kappa shape index (κ1) is 15.5. The number of carbonyl (C=O) groups is 1. The smallest absolute Gasteiger partial charge is 0.251 e. The third-order valence-electron chi connectivity index (χ3n) is 3.69. The van der Waals surface area contributed by atoms with Crippen LogP contribution >= 0.6 is 23.2 Å². The summed E-state index contributed by atoms with van der Waals surface area (Å²) in [4.78, 5) is 13.6. The van der Waals surface area contributed by atoms with E-state index in [0.29, 0.717) is 24.1 Å². The molecule has 1 aromatic rings. The molecule has 1 heterocycles. The van der Waals surface area contributed by atoms with Crippen LogP contribution in [-0.4, -0.2) is 28.6 Å². The van der Waals surface area contributed by atoms with Crippen LogP contribution in [-0.2, 0) is 10.7 Å². The Hall–Kier alpha value is -0.840. The van der Waals surface area contributed by atoms with E-state index < -0.39 is 11.9 Å². The zero-order chi connectivity index (χ0) is 14.9. The number of alkyl halides is 1. The van der Waals surface area contributed by atoms with Crippen LogP contribution in [0, 0.1) is 5.82 Å². The van der Waals surface area contributed by atoms with Crippen molar-refractivity contribution in [2.75, 3.05) is 6.54 Å². The summed E-state index contributed by atoms with van der Waals surface area (Å²) in [5, 5.41) is 9.92. The number of likely N-dealkylation sites (tertiary alicyclic amines) is 1. The number of nitrogens with zero attached hydrogens (tertiary/aromatic N) is 1. The highest BCUT2D eigenvalue weighted by molar-refractivity contribution is 6.32. The molecule has 1 saturated heterocycles. The number of piperidine rings is 1. The molecule has 1 aliphatic rings. The molecule has 110 valence electrons. The molecule has 2 rings (SSSR count). The van der Waals surface area contributed by atoms with Crippen molar-refractivity contribution in [2.24, 2.45) is 0 Å². The molecule has 0 bridgehead atoms. The second kappa shape index (κ2) is 6.29. The molecule has 20 heavy (non-hydrogen) atoms. The molecule has 1 amide bonds. The van der Waals surface area contributed by atoms with Crippen molar-refractivity contribution in [3.8, 4) is 0 Å². The molecule has 2 atom stereocenters. The van der Waals surface area contributed by atoms with E-state index in [1.807, 2.05) is 0 Å². The molecule has 0 aliphatic carbocycles. The summed E-state index contributed by atoms with van der Waals surface area (Å²) in [6.07, 6.45) is 0.208. The maximum Gasteiger partial charge on any atom is 0.251 e. The Morgan fingerprint density at radius 3 is 2.90 bits per heavy atom. The molecule has 3 nitrogen and oxygen atoms in total. The Kier molecular flexibility index (Phi) is 4.89. The fourth-order valence-corrected chi connectivity index (χ4v) is 3.22. The lowest BCUT2D eigenvalue weighted by molar-refractivity contribution is -0.146. The van der Waals surface area contributed by atoms with Crippen molar-refractivity contribution in [1.29, 1.82) is 0 Å². The van der Waals surface area contributed by atoms with Gasteiger partial charge in [-0.25, -0.2) is 4.39 Å². The van der Waals surface area contributed by atoms with Crippen LogP contribution in [0.4, 0.5) is 4.39 Å². The monoisotopic (exact) mass is 319 g/mol. The van der Waals surface area contributed by atoms with Gasteiger partial charge in [-0.2, -0.15) is 0 Å². The van der Waals surface area contributed by atoms with Crippen molar-refractivity contribution in [3.05, 3.63) is 34.1 Å². The van der Waals surface area contributed by atoms with Gasteiger partial charge >= 0.3 is 0 Å². The number of hydrogen-bond acceptors (Lipinski definition) is 2. The zero-order valence-electron chi connectivity index (χ0n) is 11.1. The van der Waals surface area contributed by atoms with E-state index in [4.69, 9.17) is 23.2 Å². The van der Waals surface area contributed by atoms with E-state index in [1.165, 1.54) is 12.1 Å². The average molecular weight is 320 g/mol. The summed E-state index contributed by atoms with van der Waals surface area (Å²) in [5.74, 6) is -0.649. The van der Waals surface area contributed by atoms with Gasteiger partial charge in [-0.15, -0.1) is 11.6 Å². The van der Waals surface area contributed by atoms with Gasteiger partial charge in [-0.05, 0) is 43.0 Å². The molecule has 1 aliphatic heterocycles. The summed E-state index contributed by atoms with van der Waals surface area (Å²) in [7, 11) is 0. The summed E-state index contributed by atoms with van der Waals surface area (Å²) < 4.78 is 13.6. The van der Waals surface area contributed by atoms with Gasteiger partial charge in [0.2, 0.25) is 0 Å². The van der Waals surface area contributed by atoms with Gasteiger partial charge in [0.15, 0.2) is 0 Å². The van der Waals surface area contributed by atoms with Crippen molar-refractivity contribution >= 4 is 29.1 Å². The number of aliphatic hydroxyl groups excluding tert-OH is 1. The Balaban J connectivity index is 2.37. The minimum absolute atomic E-state index is 0.142. The van der Waals surface area contributed by atoms with Crippen molar-refractivity contribution in [2.45, 2.75) is 37.8 Å². The summed E-state index contributed by atoms with van der Waals surface area (Å²) >= 11 is 11.9. The molecular weight excluding hydrogens is 304 g/mol. The lowest BCUT2D eigenvalue weighted by Crippen LogP contribution is -2.45.